The molecule has 0 N–H and O–H groups in total. The second-order valence-electron chi connectivity index (χ2n) is 7.17. The van der Waals surface area contributed by atoms with Gasteiger partial charge in [0.05, 0.1) is 11.1 Å². The van der Waals surface area contributed by atoms with Gasteiger partial charge in [0.2, 0.25) is 5.91 Å². The Kier molecular flexibility index (Phi) is 7.19. The molecule has 3 aromatic rings. The van der Waals surface area contributed by atoms with Gasteiger partial charge < -0.3 is 4.90 Å². The summed E-state index contributed by atoms with van der Waals surface area (Å²) >= 11 is 4.44. The molecular weight excluding hydrogens is 422 g/mol. The zero-order chi connectivity index (χ0) is 21.1. The van der Waals surface area contributed by atoms with Gasteiger partial charge in [-0.2, -0.15) is 0 Å². The Bertz CT molecular complexity index is 1030. The number of nitrogens with zero attached hydrogens (tertiary/aromatic N) is 3. The lowest BCUT2D eigenvalue weighted by atomic mass is 10.1. The molecule has 3 rings (SSSR count). The number of rotatable bonds is 8. The first-order valence-corrected chi connectivity index (χ1v) is 12.6. The number of amides is 1. The van der Waals surface area contributed by atoms with Crippen molar-refractivity contribution in [2.24, 2.45) is 7.05 Å². The first kappa shape index (κ1) is 22.1. The minimum Gasteiger partial charge on any atom is -0.337 e. The van der Waals surface area contributed by atoms with E-state index in [9.17, 15) is 9.59 Å². The SMILES string of the molecule is CC[C@@H](C)N(C(=O)CSc1nc2scc(-c3cccs3)c2c(=O)n1C)[C@H](C)CC. The second-order valence-corrected chi connectivity index (χ2v) is 9.92. The van der Waals surface area contributed by atoms with Crippen LogP contribution in [0.15, 0.2) is 32.8 Å². The van der Waals surface area contributed by atoms with Crippen LogP contribution >= 0.6 is 34.4 Å². The number of fused-ring (bicyclic) bond motifs is 1. The van der Waals surface area contributed by atoms with E-state index >= 15 is 0 Å². The highest BCUT2D eigenvalue weighted by molar-refractivity contribution is 7.99. The molecule has 0 aliphatic rings. The van der Waals surface area contributed by atoms with Crippen molar-refractivity contribution in [1.29, 1.82) is 0 Å². The van der Waals surface area contributed by atoms with Crippen LogP contribution in [0.3, 0.4) is 0 Å². The first-order valence-electron chi connectivity index (χ1n) is 9.85. The molecule has 29 heavy (non-hydrogen) atoms. The van der Waals surface area contributed by atoms with Gasteiger partial charge in [-0.1, -0.05) is 31.7 Å². The Morgan fingerprint density at radius 1 is 1.24 bits per heavy atom. The van der Waals surface area contributed by atoms with Gasteiger partial charge in [-0.25, -0.2) is 4.98 Å². The molecule has 0 fully saturated rings. The molecule has 1 amide bonds. The van der Waals surface area contributed by atoms with E-state index in [0.29, 0.717) is 10.5 Å². The Balaban J connectivity index is 1.87. The van der Waals surface area contributed by atoms with Crippen molar-refractivity contribution in [3.05, 3.63) is 33.2 Å². The third kappa shape index (κ3) is 4.44. The molecule has 2 atom stereocenters. The van der Waals surface area contributed by atoms with E-state index in [1.54, 1.807) is 23.0 Å². The summed E-state index contributed by atoms with van der Waals surface area (Å²) in [7, 11) is 1.73. The number of hydrogen-bond donors (Lipinski definition) is 0. The molecule has 156 valence electrons. The van der Waals surface area contributed by atoms with Gasteiger partial charge in [0, 0.05) is 35.0 Å². The van der Waals surface area contributed by atoms with E-state index in [4.69, 9.17) is 4.98 Å². The topological polar surface area (TPSA) is 55.2 Å². The number of aromatic nitrogens is 2. The van der Waals surface area contributed by atoms with Crippen LogP contribution in [-0.4, -0.2) is 38.2 Å². The molecule has 0 aliphatic carbocycles. The van der Waals surface area contributed by atoms with E-state index in [1.807, 2.05) is 27.8 Å². The Labute approximate surface area is 183 Å². The Hall–Kier alpha value is -1.64. The molecule has 0 spiro atoms. The van der Waals surface area contributed by atoms with Crippen LogP contribution in [0.1, 0.15) is 40.5 Å². The monoisotopic (exact) mass is 449 g/mol. The van der Waals surface area contributed by atoms with Gasteiger partial charge in [0.25, 0.3) is 5.56 Å². The lowest BCUT2D eigenvalue weighted by Gasteiger charge is -2.34. The molecular formula is C21H27N3O2S3. The van der Waals surface area contributed by atoms with E-state index in [2.05, 4.69) is 27.7 Å². The summed E-state index contributed by atoms with van der Waals surface area (Å²) in [5, 5.41) is 5.26. The van der Waals surface area contributed by atoms with Crippen molar-refractivity contribution in [3.63, 3.8) is 0 Å². The average molecular weight is 450 g/mol. The van der Waals surface area contributed by atoms with E-state index in [-0.39, 0.29) is 29.3 Å². The van der Waals surface area contributed by atoms with E-state index < -0.39 is 0 Å². The summed E-state index contributed by atoms with van der Waals surface area (Å²) in [6.45, 7) is 8.38. The fraction of sp³-hybridized carbons (Fsp3) is 0.476. The highest BCUT2D eigenvalue weighted by Crippen LogP contribution is 2.34. The summed E-state index contributed by atoms with van der Waals surface area (Å²) < 4.78 is 1.57. The zero-order valence-corrected chi connectivity index (χ0v) is 19.9. The Morgan fingerprint density at radius 2 is 1.93 bits per heavy atom. The fourth-order valence-corrected chi connectivity index (χ4v) is 5.96. The largest absolute Gasteiger partial charge is 0.337 e. The van der Waals surface area contributed by atoms with Crippen molar-refractivity contribution in [3.8, 4) is 10.4 Å². The quantitative estimate of drug-likeness (QED) is 0.348. The molecule has 3 aromatic heterocycles. The Morgan fingerprint density at radius 3 is 2.52 bits per heavy atom. The van der Waals surface area contributed by atoms with Gasteiger partial charge in [0.1, 0.15) is 4.83 Å². The highest BCUT2D eigenvalue weighted by atomic mass is 32.2. The van der Waals surface area contributed by atoms with Crippen LogP contribution in [0, 0.1) is 0 Å². The van der Waals surface area contributed by atoms with Crippen LogP contribution in [0.2, 0.25) is 0 Å². The minimum absolute atomic E-state index is 0.0599. The van der Waals surface area contributed by atoms with Crippen LogP contribution in [-0.2, 0) is 11.8 Å². The molecule has 0 aromatic carbocycles. The molecule has 0 radical (unpaired) electrons. The molecule has 5 nitrogen and oxygen atoms in total. The maximum atomic E-state index is 13.0. The van der Waals surface area contributed by atoms with Crippen LogP contribution in [0.5, 0.6) is 0 Å². The summed E-state index contributed by atoms with van der Waals surface area (Å²) in [5.74, 6) is 0.377. The van der Waals surface area contributed by atoms with Crippen molar-refractivity contribution in [1.82, 2.24) is 14.5 Å². The molecule has 3 heterocycles. The van der Waals surface area contributed by atoms with Crippen LogP contribution in [0.25, 0.3) is 20.7 Å². The first-order chi connectivity index (χ1) is 13.9. The summed E-state index contributed by atoms with van der Waals surface area (Å²) in [6, 6.07) is 4.40. The second kappa shape index (κ2) is 9.45. The maximum absolute atomic E-state index is 13.0. The predicted molar refractivity (Wildman–Crippen MR) is 125 cm³/mol. The molecule has 8 heteroatoms. The maximum Gasteiger partial charge on any atom is 0.263 e. The van der Waals surface area contributed by atoms with Crippen LogP contribution in [0.4, 0.5) is 0 Å². The number of hydrogen-bond acceptors (Lipinski definition) is 6. The minimum atomic E-state index is -0.0599. The van der Waals surface area contributed by atoms with Crippen molar-refractivity contribution in [2.75, 3.05) is 5.75 Å². The van der Waals surface area contributed by atoms with Gasteiger partial charge in [0.15, 0.2) is 5.16 Å². The zero-order valence-electron chi connectivity index (χ0n) is 17.5. The molecule has 0 bridgehead atoms. The standard InChI is InChI=1S/C21H27N3O2S3/c1-6-13(3)24(14(4)7-2)17(25)12-29-21-22-19-18(20(26)23(21)5)15(11-28-19)16-9-8-10-27-16/h8-11,13-14H,6-7,12H2,1-5H3/t13-,14-/m1/s1. The summed E-state index contributed by atoms with van der Waals surface area (Å²) in [4.78, 5) is 34.5. The normalized spacial score (nSPS) is 13.6. The average Bonchev–Trinajstić information content (AvgIpc) is 3.38. The molecule has 0 saturated carbocycles. The van der Waals surface area contributed by atoms with Crippen molar-refractivity contribution >= 4 is 50.6 Å². The van der Waals surface area contributed by atoms with E-state index in [0.717, 1.165) is 28.1 Å². The number of thiophene rings is 2. The predicted octanol–water partition coefficient (Wildman–Crippen LogP) is 5.24. The van der Waals surface area contributed by atoms with Gasteiger partial charge in [-0.05, 0) is 38.1 Å². The van der Waals surface area contributed by atoms with Crippen molar-refractivity contribution in [2.45, 2.75) is 57.8 Å². The summed E-state index contributed by atoms with van der Waals surface area (Å²) in [5.41, 5.74) is 0.885. The third-order valence-corrected chi connectivity index (χ3v) is 8.09. The van der Waals surface area contributed by atoms with E-state index in [1.165, 1.54) is 23.1 Å². The number of thioether (sulfide) groups is 1. The molecule has 0 saturated heterocycles. The number of carbonyl (C=O) groups excluding carboxylic acids is 1. The fourth-order valence-electron chi connectivity index (χ4n) is 3.32. The van der Waals surface area contributed by atoms with Gasteiger partial charge in [-0.15, -0.1) is 22.7 Å². The number of carbonyl (C=O) groups is 1. The molecule has 0 unspecified atom stereocenters. The summed E-state index contributed by atoms with van der Waals surface area (Å²) in [6.07, 6.45) is 1.84. The van der Waals surface area contributed by atoms with Gasteiger partial charge >= 0.3 is 0 Å². The van der Waals surface area contributed by atoms with Crippen LogP contribution < -0.4 is 5.56 Å². The highest BCUT2D eigenvalue weighted by Gasteiger charge is 2.24. The smallest absolute Gasteiger partial charge is 0.263 e. The lowest BCUT2D eigenvalue weighted by molar-refractivity contribution is -0.132. The van der Waals surface area contributed by atoms with Crippen molar-refractivity contribution < 1.29 is 4.79 Å². The molecule has 0 aliphatic heterocycles. The third-order valence-electron chi connectivity index (χ3n) is 5.30. The lowest BCUT2D eigenvalue weighted by Crippen LogP contribution is -2.45. The van der Waals surface area contributed by atoms with Gasteiger partial charge in [-0.3, -0.25) is 14.2 Å².